The molecule has 2 rings (SSSR count). The Balaban J connectivity index is 0.00000190. The van der Waals surface area contributed by atoms with Crippen molar-refractivity contribution in [1.29, 1.82) is 0 Å². The smallest absolute Gasteiger partial charge is 0.421 e. The highest BCUT2D eigenvalue weighted by Crippen LogP contribution is 2.39. The molecule has 0 saturated heterocycles. The van der Waals surface area contributed by atoms with Crippen LogP contribution in [0, 0.1) is 0 Å². The number of rotatable bonds is 5. The van der Waals surface area contributed by atoms with Crippen molar-refractivity contribution in [2.75, 3.05) is 12.4 Å². The van der Waals surface area contributed by atoms with Crippen LogP contribution >= 0.6 is 11.6 Å². The Morgan fingerprint density at radius 2 is 1.89 bits per heavy atom. The molecular formula is C19H22ClF3N2O3. The number of ether oxygens (including phenoxy) is 2. The highest BCUT2D eigenvalue weighted by Gasteiger charge is 2.35. The lowest BCUT2D eigenvalue weighted by molar-refractivity contribution is -0.138. The number of hydrogen-bond donors (Lipinski definition) is 1. The second-order valence-electron chi connectivity index (χ2n) is 5.57. The molecule has 0 bridgehead atoms. The number of benzene rings is 1. The number of methoxy groups -OCH3 is 1. The molecule has 0 atom stereocenters. The largest absolute Gasteiger partial charge is 0.465 e. The van der Waals surface area contributed by atoms with Crippen LogP contribution in [0.3, 0.4) is 0 Å². The van der Waals surface area contributed by atoms with E-state index in [2.05, 4.69) is 10.3 Å². The summed E-state index contributed by atoms with van der Waals surface area (Å²) in [4.78, 5) is 15.6. The van der Waals surface area contributed by atoms with Crippen molar-refractivity contribution in [2.45, 2.75) is 39.9 Å². The van der Waals surface area contributed by atoms with Gasteiger partial charge in [0.25, 0.3) is 0 Å². The van der Waals surface area contributed by atoms with Gasteiger partial charge in [-0.25, -0.2) is 9.78 Å². The first-order valence-electron chi connectivity index (χ1n) is 8.52. The van der Waals surface area contributed by atoms with Gasteiger partial charge in [0.15, 0.2) is 0 Å². The second kappa shape index (κ2) is 10.2. The number of carbonyl (C=O) groups excluding carboxylic acids is 1. The van der Waals surface area contributed by atoms with Gasteiger partial charge in [0.2, 0.25) is 5.88 Å². The molecule has 0 radical (unpaired) electrons. The van der Waals surface area contributed by atoms with Gasteiger partial charge < -0.3 is 14.8 Å². The van der Waals surface area contributed by atoms with Crippen molar-refractivity contribution in [3.8, 4) is 11.6 Å². The lowest BCUT2D eigenvalue weighted by Crippen LogP contribution is -2.14. The highest BCUT2D eigenvalue weighted by atomic mass is 35.5. The van der Waals surface area contributed by atoms with Crippen LogP contribution in [0.1, 0.15) is 43.6 Å². The van der Waals surface area contributed by atoms with Crippen LogP contribution in [0.5, 0.6) is 11.6 Å². The quantitative estimate of drug-likeness (QED) is 0.587. The fraction of sp³-hybridized carbons (Fsp3) is 0.368. The molecule has 2 aromatic rings. The van der Waals surface area contributed by atoms with Crippen molar-refractivity contribution in [2.24, 2.45) is 0 Å². The average Bonchev–Trinajstić information content (AvgIpc) is 2.64. The molecule has 1 heterocycles. The lowest BCUT2D eigenvalue weighted by atomic mass is 10.1. The van der Waals surface area contributed by atoms with E-state index in [9.17, 15) is 18.0 Å². The predicted molar refractivity (Wildman–Crippen MR) is 102 cm³/mol. The Hall–Kier alpha value is -2.48. The van der Waals surface area contributed by atoms with Gasteiger partial charge in [0, 0.05) is 12.2 Å². The highest BCUT2D eigenvalue weighted by molar-refractivity contribution is 6.32. The fourth-order valence-electron chi connectivity index (χ4n) is 2.13. The zero-order chi connectivity index (χ0) is 21.5. The maximum atomic E-state index is 13.1. The van der Waals surface area contributed by atoms with Crippen LogP contribution in [0.15, 0.2) is 30.5 Å². The van der Waals surface area contributed by atoms with E-state index in [0.29, 0.717) is 5.69 Å². The number of esters is 1. The molecule has 0 fully saturated rings. The van der Waals surface area contributed by atoms with Crippen LogP contribution in [-0.4, -0.2) is 24.1 Å². The van der Waals surface area contributed by atoms with E-state index >= 15 is 0 Å². The van der Waals surface area contributed by atoms with Gasteiger partial charge in [-0.05, 0) is 38.1 Å². The SMILES string of the molecule is CC.COC(=O)c1cc(Oc2ncccc2C(F)(F)F)c(Cl)cc1NC(C)C. The summed E-state index contributed by atoms with van der Waals surface area (Å²) in [6.45, 7) is 7.70. The molecule has 9 heteroatoms. The summed E-state index contributed by atoms with van der Waals surface area (Å²) in [5, 5.41) is 3.03. The molecule has 28 heavy (non-hydrogen) atoms. The normalized spacial score (nSPS) is 10.8. The molecular weight excluding hydrogens is 397 g/mol. The van der Waals surface area contributed by atoms with Crippen molar-refractivity contribution in [3.05, 3.63) is 46.6 Å². The number of nitrogens with zero attached hydrogens (tertiary/aromatic N) is 1. The van der Waals surface area contributed by atoms with E-state index in [4.69, 9.17) is 21.1 Å². The van der Waals surface area contributed by atoms with Crippen LogP contribution in [0.4, 0.5) is 18.9 Å². The van der Waals surface area contributed by atoms with Crippen LogP contribution in [-0.2, 0) is 10.9 Å². The first kappa shape index (κ1) is 23.6. The van der Waals surface area contributed by atoms with Gasteiger partial charge in [-0.1, -0.05) is 25.4 Å². The van der Waals surface area contributed by atoms with E-state index < -0.39 is 23.6 Å². The Bertz CT molecular complexity index is 811. The zero-order valence-corrected chi connectivity index (χ0v) is 16.9. The molecule has 0 amide bonds. The van der Waals surface area contributed by atoms with Crippen molar-refractivity contribution in [1.82, 2.24) is 4.98 Å². The molecule has 0 spiro atoms. The maximum Gasteiger partial charge on any atom is 0.421 e. The lowest BCUT2D eigenvalue weighted by Gasteiger charge is -2.17. The van der Waals surface area contributed by atoms with Crippen LogP contribution in [0.2, 0.25) is 5.02 Å². The van der Waals surface area contributed by atoms with Gasteiger partial charge in [0.05, 0.1) is 23.4 Å². The molecule has 1 N–H and O–H groups in total. The average molecular weight is 419 g/mol. The first-order valence-corrected chi connectivity index (χ1v) is 8.89. The topological polar surface area (TPSA) is 60.5 Å². The fourth-order valence-corrected chi connectivity index (χ4v) is 2.34. The van der Waals surface area contributed by atoms with Crippen molar-refractivity contribution < 1.29 is 27.4 Å². The van der Waals surface area contributed by atoms with E-state index in [0.717, 1.165) is 18.3 Å². The van der Waals surface area contributed by atoms with E-state index in [1.807, 2.05) is 27.7 Å². The number of halogens is 4. The zero-order valence-electron chi connectivity index (χ0n) is 16.1. The van der Waals surface area contributed by atoms with E-state index in [1.165, 1.54) is 19.2 Å². The second-order valence-corrected chi connectivity index (χ2v) is 5.98. The van der Waals surface area contributed by atoms with Gasteiger partial charge >= 0.3 is 12.1 Å². The Kier molecular flexibility index (Phi) is 8.56. The third-order valence-electron chi connectivity index (χ3n) is 3.20. The van der Waals surface area contributed by atoms with Crippen LogP contribution in [0.25, 0.3) is 0 Å². The van der Waals surface area contributed by atoms with Gasteiger partial charge in [0.1, 0.15) is 11.3 Å². The van der Waals surface area contributed by atoms with E-state index in [1.54, 1.807) is 0 Å². The Morgan fingerprint density at radius 1 is 1.25 bits per heavy atom. The minimum absolute atomic E-state index is 0.0135. The Morgan fingerprint density at radius 3 is 2.43 bits per heavy atom. The van der Waals surface area contributed by atoms with Crippen molar-refractivity contribution in [3.63, 3.8) is 0 Å². The molecule has 154 valence electrons. The summed E-state index contributed by atoms with van der Waals surface area (Å²) in [5.74, 6) is -1.50. The van der Waals surface area contributed by atoms with Crippen molar-refractivity contribution >= 4 is 23.3 Å². The summed E-state index contributed by atoms with van der Waals surface area (Å²) in [7, 11) is 1.19. The minimum Gasteiger partial charge on any atom is -0.465 e. The third kappa shape index (κ3) is 6.02. The summed E-state index contributed by atoms with van der Waals surface area (Å²) in [6, 6.07) is 4.57. The number of carbonyl (C=O) groups is 1. The molecule has 5 nitrogen and oxygen atoms in total. The summed E-state index contributed by atoms with van der Waals surface area (Å²) < 4.78 is 49.2. The van der Waals surface area contributed by atoms with Gasteiger partial charge in [-0.15, -0.1) is 0 Å². The predicted octanol–water partition coefficient (Wildman–Crippen LogP) is 6.18. The monoisotopic (exact) mass is 418 g/mol. The number of alkyl halides is 3. The summed E-state index contributed by atoms with van der Waals surface area (Å²) >= 11 is 6.12. The van der Waals surface area contributed by atoms with Gasteiger partial charge in [-0.3, -0.25) is 0 Å². The van der Waals surface area contributed by atoms with E-state index in [-0.39, 0.29) is 22.4 Å². The molecule has 0 unspecified atom stereocenters. The number of nitrogens with one attached hydrogen (secondary N) is 1. The summed E-state index contributed by atoms with van der Waals surface area (Å²) in [5.41, 5.74) is -0.605. The summed E-state index contributed by atoms with van der Waals surface area (Å²) in [6.07, 6.45) is -3.49. The minimum atomic E-state index is -4.65. The molecule has 0 aliphatic carbocycles. The standard InChI is InChI=1S/C17H16ClF3N2O3.C2H6/c1-9(2)23-13-8-12(18)14(7-10(13)16(24)25-3)26-15-11(17(19,20)21)5-4-6-22-15;1-2/h4-9,23H,1-3H3;1-2H3. The Labute approximate surface area is 166 Å². The number of pyridine rings is 1. The molecule has 1 aromatic heterocycles. The number of anilines is 1. The third-order valence-corrected chi connectivity index (χ3v) is 3.50. The number of hydrogen-bond acceptors (Lipinski definition) is 5. The molecule has 1 aromatic carbocycles. The maximum absolute atomic E-state index is 13.1. The molecule has 0 aliphatic rings. The van der Waals surface area contributed by atoms with Crippen LogP contribution < -0.4 is 10.1 Å². The van der Waals surface area contributed by atoms with Gasteiger partial charge in [-0.2, -0.15) is 13.2 Å². The first-order chi connectivity index (χ1) is 13.1. The molecule has 0 aliphatic heterocycles. The molecule has 0 saturated carbocycles. The number of aromatic nitrogens is 1.